The maximum absolute atomic E-state index is 2.62. The molecule has 0 nitrogen and oxygen atoms in total. The maximum atomic E-state index is 2.62. The Morgan fingerprint density at radius 1 is 0.759 bits per heavy atom. The molecule has 3 heteroatoms. The van der Waals surface area contributed by atoms with Gasteiger partial charge in [-0.1, -0.05) is 140 Å². The minimum atomic E-state index is 0. The van der Waals surface area contributed by atoms with E-state index in [9.17, 15) is 0 Å². The van der Waals surface area contributed by atoms with Gasteiger partial charge in [-0.15, -0.1) is 6.92 Å². The Morgan fingerprint density at radius 2 is 1.31 bits per heavy atom. The predicted molar refractivity (Wildman–Crippen MR) is 221 cm³/mol. The summed E-state index contributed by atoms with van der Waals surface area (Å²) < 4.78 is 1.42. The van der Waals surface area contributed by atoms with E-state index in [1.54, 1.807) is 28.2 Å². The number of allylic oxidation sites excluding steroid dienone is 6. The summed E-state index contributed by atoms with van der Waals surface area (Å²) in [5.74, 6) is 2.24. The Kier molecular flexibility index (Phi) is 13.5. The zero-order valence-corrected chi connectivity index (χ0v) is 38.5. The van der Waals surface area contributed by atoms with Gasteiger partial charge in [0.1, 0.15) is 0 Å². The molecule has 2 atom stereocenters. The van der Waals surface area contributed by atoms with E-state index in [0.29, 0.717) is 11.3 Å². The first-order valence-electron chi connectivity index (χ1n) is 19.4. The van der Waals surface area contributed by atoms with Crippen molar-refractivity contribution in [3.63, 3.8) is 0 Å². The van der Waals surface area contributed by atoms with Crippen LogP contribution in [0.1, 0.15) is 117 Å². The third-order valence-corrected chi connectivity index (χ3v) is 15.9. The van der Waals surface area contributed by atoms with Crippen LogP contribution in [0, 0.1) is 33.5 Å². The summed E-state index contributed by atoms with van der Waals surface area (Å²) in [4.78, 5) is 0. The van der Waals surface area contributed by atoms with Crippen molar-refractivity contribution in [1.29, 1.82) is 0 Å². The van der Waals surface area contributed by atoms with Gasteiger partial charge in [0, 0.05) is 0 Å². The molecule has 0 heterocycles. The van der Waals surface area contributed by atoms with Crippen LogP contribution in [0.15, 0.2) is 138 Å². The molecule has 0 spiro atoms. The first-order chi connectivity index (χ1) is 24.5. The summed E-state index contributed by atoms with van der Waals surface area (Å²) in [6.45, 7) is 27.0. The normalized spacial score (nSPS) is 22.4. The molecule has 0 bridgehead atoms. The van der Waals surface area contributed by atoms with Crippen molar-refractivity contribution in [2.75, 3.05) is 0 Å². The molecule has 2 unspecified atom stereocenters. The molecule has 1 saturated carbocycles. The Morgan fingerprint density at radius 3 is 1.83 bits per heavy atom. The number of hydrogen-bond acceptors (Lipinski definition) is 0. The van der Waals surface area contributed by atoms with Gasteiger partial charge < -0.3 is 24.8 Å². The topological polar surface area (TPSA) is 0 Å². The Balaban J connectivity index is 0.000000216. The third kappa shape index (κ3) is 7.37. The van der Waals surface area contributed by atoms with Crippen LogP contribution in [-0.2, 0) is 36.1 Å². The van der Waals surface area contributed by atoms with Crippen molar-refractivity contribution in [2.45, 2.75) is 101 Å². The number of rotatable bonds is 2. The second-order valence-electron chi connectivity index (χ2n) is 18.3. The summed E-state index contributed by atoms with van der Waals surface area (Å²) in [7, 11) is 0. The molecule has 4 aliphatic carbocycles. The molecule has 284 valence electrons. The van der Waals surface area contributed by atoms with Crippen LogP contribution in [0.25, 0.3) is 5.57 Å². The molecule has 0 saturated heterocycles. The minimum absolute atomic E-state index is 0. The summed E-state index contributed by atoms with van der Waals surface area (Å²) in [6.07, 6.45) is 8.50. The molecule has 0 aliphatic heterocycles. The van der Waals surface area contributed by atoms with Gasteiger partial charge in [-0.25, -0.2) is 12.0 Å². The first-order valence-corrected chi connectivity index (χ1v) is 20.7. The molecule has 54 heavy (non-hydrogen) atoms. The monoisotopic (exact) mass is 832 g/mol. The fourth-order valence-corrected chi connectivity index (χ4v) is 10.6. The number of fused-ring (bicyclic) bond motifs is 6. The van der Waals surface area contributed by atoms with Crippen LogP contribution in [0.2, 0.25) is 0 Å². The van der Waals surface area contributed by atoms with E-state index in [0.717, 1.165) is 6.42 Å². The molecule has 0 N–H and O–H groups in total. The van der Waals surface area contributed by atoms with Crippen molar-refractivity contribution < 1.29 is 49.0 Å². The van der Waals surface area contributed by atoms with Crippen molar-refractivity contribution in [3.8, 4) is 0 Å². The molecule has 0 aromatic heterocycles. The molecule has 4 aromatic carbocycles. The van der Waals surface area contributed by atoms with Gasteiger partial charge in [0.2, 0.25) is 0 Å². The number of hydrogen-bond donors (Lipinski definition) is 0. The summed E-state index contributed by atoms with van der Waals surface area (Å²) in [5.41, 5.74) is 14.7. The van der Waals surface area contributed by atoms with Gasteiger partial charge in [0.25, 0.3) is 0 Å². The van der Waals surface area contributed by atoms with Gasteiger partial charge in [-0.3, -0.25) is 0 Å². The second-order valence-corrected chi connectivity index (χ2v) is 19.5. The second kappa shape index (κ2) is 16.5. The fourth-order valence-electron chi connectivity index (χ4n) is 9.82. The van der Waals surface area contributed by atoms with Crippen LogP contribution in [-0.4, -0.2) is 3.21 Å². The van der Waals surface area contributed by atoms with E-state index in [4.69, 9.17) is 0 Å². The molecule has 8 rings (SSSR count). The fraction of sp³-hybridized carbons (Fsp3) is 0.392. The Labute approximate surface area is 355 Å². The SMILES string of the molecule is CC(C)(C)c1cc[cH-]c1.C[C-]1C2=C3Cc4ccccc4C3=C3C=CCCC3C2(C)C(C)(C)C(C)(C)C1(C)C.[Cl-].[Cl-].[Zr+2]=[C](c1ccccc1)c1ccccc1. The third-order valence-electron chi connectivity index (χ3n) is 14.4. The predicted octanol–water partition coefficient (Wildman–Crippen LogP) is 7.48. The van der Waals surface area contributed by atoms with Gasteiger partial charge in [0.15, 0.2) is 0 Å². The summed E-state index contributed by atoms with van der Waals surface area (Å²) in [6, 6.07) is 38.8. The van der Waals surface area contributed by atoms with Gasteiger partial charge >= 0.3 is 99.2 Å². The first kappa shape index (κ1) is 44.2. The van der Waals surface area contributed by atoms with E-state index in [-0.39, 0.29) is 46.5 Å². The van der Waals surface area contributed by atoms with Crippen molar-refractivity contribution in [1.82, 2.24) is 0 Å². The van der Waals surface area contributed by atoms with Crippen LogP contribution >= 0.6 is 0 Å². The number of benzene rings is 3. The van der Waals surface area contributed by atoms with Gasteiger partial charge in [-0.05, 0) is 40.6 Å². The zero-order chi connectivity index (χ0) is 37.7. The molecule has 0 radical (unpaired) electrons. The molecule has 4 aromatic rings. The molecular formula is C51H60Cl2Zr-2. The molecule has 1 fully saturated rings. The van der Waals surface area contributed by atoms with E-state index in [1.165, 1.54) is 68.1 Å². The van der Waals surface area contributed by atoms with Crippen LogP contribution in [0.5, 0.6) is 0 Å². The van der Waals surface area contributed by atoms with E-state index >= 15 is 0 Å². The van der Waals surface area contributed by atoms with Crippen molar-refractivity contribution in [3.05, 3.63) is 172 Å². The molecular weight excluding hydrogens is 775 g/mol. The summed E-state index contributed by atoms with van der Waals surface area (Å²) >= 11 is 1.46. The molecule has 0 amide bonds. The van der Waals surface area contributed by atoms with E-state index in [2.05, 4.69) is 198 Å². The van der Waals surface area contributed by atoms with Crippen LogP contribution < -0.4 is 24.8 Å². The van der Waals surface area contributed by atoms with E-state index < -0.39 is 0 Å². The average molecular weight is 835 g/mol. The average Bonchev–Trinajstić information content (AvgIpc) is 3.82. The Hall–Kier alpha value is -2.57. The van der Waals surface area contributed by atoms with Gasteiger partial charge in [0.05, 0.1) is 0 Å². The number of halogens is 2. The van der Waals surface area contributed by atoms with Crippen LogP contribution in [0.3, 0.4) is 0 Å². The van der Waals surface area contributed by atoms with Crippen molar-refractivity contribution >= 4 is 8.78 Å². The zero-order valence-electron chi connectivity index (χ0n) is 34.5. The quantitative estimate of drug-likeness (QED) is 0.184. The summed E-state index contributed by atoms with van der Waals surface area (Å²) in [5, 5.41) is 0. The van der Waals surface area contributed by atoms with Gasteiger partial charge in [-0.2, -0.15) is 34.9 Å². The van der Waals surface area contributed by atoms with Crippen LogP contribution in [0.4, 0.5) is 0 Å². The van der Waals surface area contributed by atoms with Crippen molar-refractivity contribution in [2.24, 2.45) is 27.6 Å². The van der Waals surface area contributed by atoms with E-state index in [1.807, 2.05) is 0 Å². The Bertz CT molecular complexity index is 1960. The molecule has 4 aliphatic rings. The standard InChI is InChI=1S/C29H37.C13H10.C9H13.2ClH.Zr/c1-18-25-22-17-19-13-9-10-14-20(19)24(22)21-15-11-12-16-23(21)29(25,8)28(6,7)27(4,5)26(18,2)3;1-3-7-12(8-4-1)11-13-9-5-2-6-10-13;1-9(2,3)8-6-4-5-7-8;;;/h9-11,13-15,23H,12,16-17H2,1-8H3;1-10H;4-7H,1-3H3;2*1H;/q-1;;-1;;;+2/p-2.